The molecule has 2 rings (SSSR count). The zero-order chi connectivity index (χ0) is 16.6. The van der Waals surface area contributed by atoms with E-state index >= 15 is 0 Å². The van der Waals surface area contributed by atoms with Crippen molar-refractivity contribution in [3.05, 3.63) is 30.6 Å². The zero-order valence-electron chi connectivity index (χ0n) is 15.3. The van der Waals surface area contributed by atoms with Crippen molar-refractivity contribution in [2.45, 2.75) is 40.0 Å². The number of barbiturate groups is 1. The average Bonchev–Trinajstić information content (AvgIpc) is 2.50. The molecule has 1 aliphatic rings. The van der Waals surface area contributed by atoms with Crippen LogP contribution in [0.15, 0.2) is 30.6 Å². The van der Waals surface area contributed by atoms with Crippen molar-refractivity contribution < 1.29 is 45.4 Å². The molecule has 0 bridgehead atoms. The van der Waals surface area contributed by atoms with Crippen molar-refractivity contribution in [1.82, 2.24) is 15.6 Å². The van der Waals surface area contributed by atoms with Crippen LogP contribution < -0.4 is 40.2 Å². The minimum atomic E-state index is -1.09. The van der Waals surface area contributed by atoms with E-state index in [-0.39, 0.29) is 36.9 Å². The summed E-state index contributed by atoms with van der Waals surface area (Å²) < 4.78 is 0. The van der Waals surface area contributed by atoms with E-state index in [4.69, 9.17) is 0 Å². The van der Waals surface area contributed by atoms with Crippen molar-refractivity contribution in [3.8, 4) is 0 Å². The molecule has 0 aromatic carbocycles. The monoisotopic (exact) mass is 329 g/mol. The van der Waals surface area contributed by atoms with Crippen LogP contribution in [0.2, 0.25) is 0 Å². The van der Waals surface area contributed by atoms with E-state index < -0.39 is 23.3 Å². The summed E-state index contributed by atoms with van der Waals surface area (Å²) in [7, 11) is 0. The number of hydrogen-bond acceptors (Lipinski definition) is 4. The molecular weight excluding hydrogens is 305 g/mol. The van der Waals surface area contributed by atoms with Gasteiger partial charge in [0.05, 0.1) is 0 Å². The van der Waals surface area contributed by atoms with Crippen LogP contribution in [0.4, 0.5) is 4.79 Å². The number of carbonyl (C=O) groups is 3. The molecule has 7 heteroatoms. The fourth-order valence-electron chi connectivity index (χ4n) is 2.67. The fourth-order valence-corrected chi connectivity index (χ4v) is 2.67. The molecule has 0 saturated carbocycles. The van der Waals surface area contributed by atoms with Crippen LogP contribution >= 0.6 is 0 Å². The fraction of sp³-hybridized carbons (Fsp3) is 0.500. The maximum absolute atomic E-state index is 11.9. The Kier molecular flexibility index (Phi) is 9.95. The summed E-state index contributed by atoms with van der Waals surface area (Å²) in [5.74, 6) is -1.01. The number of pyridine rings is 1. The molecule has 1 fully saturated rings. The van der Waals surface area contributed by atoms with Gasteiger partial charge in [0.2, 0.25) is 11.8 Å². The van der Waals surface area contributed by atoms with Crippen LogP contribution in [0.1, 0.15) is 41.5 Å². The van der Waals surface area contributed by atoms with Gasteiger partial charge < -0.3 is 1.43 Å². The van der Waals surface area contributed by atoms with Crippen molar-refractivity contribution in [3.63, 3.8) is 0 Å². The van der Waals surface area contributed by atoms with Gasteiger partial charge in [-0.3, -0.25) is 25.2 Å². The number of imide groups is 2. The van der Waals surface area contributed by atoms with Crippen molar-refractivity contribution >= 4 is 17.8 Å². The summed E-state index contributed by atoms with van der Waals surface area (Å²) in [5.41, 5.74) is -1.09. The number of urea groups is 1. The van der Waals surface area contributed by atoms with E-state index in [1.165, 1.54) is 0 Å². The van der Waals surface area contributed by atoms with Crippen LogP contribution in [0.3, 0.4) is 0 Å². The Morgan fingerprint density at radius 2 is 1.61 bits per heavy atom. The average molecular weight is 329 g/mol. The van der Waals surface area contributed by atoms with E-state index in [1.807, 2.05) is 32.0 Å². The van der Waals surface area contributed by atoms with Crippen molar-refractivity contribution in [1.29, 1.82) is 0 Å². The Hall–Kier alpha value is -1.24. The number of carbonyl (C=O) groups excluding carboxylic acids is 3. The van der Waals surface area contributed by atoms with E-state index in [0.717, 1.165) is 12.8 Å². The van der Waals surface area contributed by atoms with Gasteiger partial charge in [0.25, 0.3) is 0 Å². The minimum absolute atomic E-state index is 0. The number of nitrogens with zero attached hydrogens (tertiary/aromatic N) is 1. The molecule has 6 nitrogen and oxygen atoms in total. The van der Waals surface area contributed by atoms with Gasteiger partial charge >= 0.3 is 35.6 Å². The zero-order valence-corrected chi connectivity index (χ0v) is 16.3. The van der Waals surface area contributed by atoms with Gasteiger partial charge in [0.1, 0.15) is 5.41 Å². The SMILES string of the molecule is CCCC(C)C1(CC)C(=O)NC(=O)NC1=O.[H-].[Na+].c1ccncc1. The molecule has 1 saturated heterocycles. The van der Waals surface area contributed by atoms with Gasteiger partial charge in [-0.15, -0.1) is 0 Å². The second-order valence-electron chi connectivity index (χ2n) is 5.28. The maximum atomic E-state index is 11.9. The third kappa shape index (κ3) is 5.41. The molecule has 2 heterocycles. The normalized spacial score (nSPS) is 16.9. The van der Waals surface area contributed by atoms with Gasteiger partial charge in [-0.1, -0.05) is 33.3 Å². The molecule has 4 amide bonds. The standard InChI is InChI=1S/C11H18N2O3.C5H5N.Na.H/c1-4-6-7(3)11(5-2)8(14)12-10(16)13-9(11)15;1-2-4-6-5-3-1;;/h7H,4-6H2,1-3H3,(H2,12,13,14,15,16);1-5H;;/q;;+1;-1. The topological polar surface area (TPSA) is 88.2 Å². The maximum Gasteiger partial charge on any atom is 1.00 e. The Balaban J connectivity index is 0. The summed E-state index contributed by atoms with van der Waals surface area (Å²) in [6, 6.07) is 5.00. The van der Waals surface area contributed by atoms with Gasteiger partial charge in [-0.05, 0) is 30.9 Å². The quantitative estimate of drug-likeness (QED) is 0.569. The molecule has 0 aliphatic carbocycles. The largest absolute Gasteiger partial charge is 1.00 e. The molecule has 0 radical (unpaired) electrons. The summed E-state index contributed by atoms with van der Waals surface area (Å²) in [6.45, 7) is 5.67. The third-order valence-electron chi connectivity index (χ3n) is 3.95. The molecule has 23 heavy (non-hydrogen) atoms. The van der Waals surface area contributed by atoms with Crippen LogP contribution in [-0.2, 0) is 9.59 Å². The van der Waals surface area contributed by atoms with Crippen LogP contribution in [0.5, 0.6) is 0 Å². The van der Waals surface area contributed by atoms with Crippen LogP contribution in [0, 0.1) is 11.3 Å². The summed E-state index contributed by atoms with van der Waals surface area (Å²) >= 11 is 0. The molecule has 1 aromatic rings. The van der Waals surface area contributed by atoms with Gasteiger partial charge in [-0.2, -0.15) is 0 Å². The van der Waals surface area contributed by atoms with E-state index in [2.05, 4.69) is 15.6 Å². The van der Waals surface area contributed by atoms with Crippen molar-refractivity contribution in [2.75, 3.05) is 0 Å². The minimum Gasteiger partial charge on any atom is -1.00 e. The first-order valence-corrected chi connectivity index (χ1v) is 7.50. The number of nitrogens with one attached hydrogen (secondary N) is 2. The molecule has 1 aliphatic heterocycles. The van der Waals surface area contributed by atoms with E-state index in [1.54, 1.807) is 19.3 Å². The van der Waals surface area contributed by atoms with Crippen LogP contribution in [-0.4, -0.2) is 22.8 Å². The second kappa shape index (κ2) is 10.5. The first-order valence-electron chi connectivity index (χ1n) is 7.50. The summed E-state index contributed by atoms with van der Waals surface area (Å²) in [6.07, 6.45) is 5.58. The first-order chi connectivity index (χ1) is 10.5. The van der Waals surface area contributed by atoms with Crippen molar-refractivity contribution in [2.24, 2.45) is 11.3 Å². The van der Waals surface area contributed by atoms with Gasteiger partial charge in [-0.25, -0.2) is 4.79 Å². The first kappa shape index (κ1) is 21.8. The predicted molar refractivity (Wildman–Crippen MR) is 83.8 cm³/mol. The predicted octanol–water partition coefficient (Wildman–Crippen LogP) is -0.617. The molecule has 0 spiro atoms. The number of rotatable bonds is 4. The molecular formula is C16H24N3NaO3. The summed E-state index contributed by atoms with van der Waals surface area (Å²) in [5, 5.41) is 4.36. The Morgan fingerprint density at radius 1 is 1.09 bits per heavy atom. The number of amides is 4. The Morgan fingerprint density at radius 3 is 1.91 bits per heavy atom. The van der Waals surface area contributed by atoms with E-state index in [9.17, 15) is 14.4 Å². The molecule has 122 valence electrons. The van der Waals surface area contributed by atoms with Gasteiger partial charge in [0.15, 0.2) is 0 Å². The summed E-state index contributed by atoms with van der Waals surface area (Å²) in [4.78, 5) is 38.6. The molecule has 1 atom stereocenters. The number of hydrogen-bond donors (Lipinski definition) is 2. The van der Waals surface area contributed by atoms with Gasteiger partial charge in [0, 0.05) is 12.4 Å². The Bertz CT molecular complexity index is 482. The molecule has 2 N–H and O–H groups in total. The smallest absolute Gasteiger partial charge is 1.00 e. The molecule has 1 aromatic heterocycles. The second-order valence-corrected chi connectivity index (χ2v) is 5.28. The Labute approximate surface area is 160 Å². The van der Waals surface area contributed by atoms with Crippen LogP contribution in [0.25, 0.3) is 0 Å². The van der Waals surface area contributed by atoms with E-state index in [0.29, 0.717) is 6.42 Å². The number of aromatic nitrogens is 1. The third-order valence-corrected chi connectivity index (χ3v) is 3.95. The molecule has 1 unspecified atom stereocenters.